The van der Waals surface area contributed by atoms with Crippen molar-refractivity contribution in [2.75, 3.05) is 33.0 Å². The van der Waals surface area contributed by atoms with Crippen LogP contribution in [0, 0.1) is 5.92 Å². The van der Waals surface area contributed by atoms with Crippen LogP contribution in [0.4, 0.5) is 0 Å². The third-order valence-electron chi connectivity index (χ3n) is 3.80. The van der Waals surface area contributed by atoms with Crippen molar-refractivity contribution in [1.82, 2.24) is 10.2 Å². The van der Waals surface area contributed by atoms with Crippen molar-refractivity contribution in [2.45, 2.75) is 38.6 Å². The average Bonchev–Trinajstić information content (AvgIpc) is 2.75. The van der Waals surface area contributed by atoms with Gasteiger partial charge in [-0.3, -0.25) is 4.90 Å². The van der Waals surface area contributed by atoms with Crippen LogP contribution in [0.5, 0.6) is 0 Å². The Hall–Kier alpha value is -0.120. The first-order chi connectivity index (χ1) is 7.42. The Morgan fingerprint density at radius 3 is 2.80 bits per heavy atom. The summed E-state index contributed by atoms with van der Waals surface area (Å²) in [5.74, 6) is 0.911. The van der Waals surface area contributed by atoms with Crippen LogP contribution in [0.2, 0.25) is 0 Å². The minimum absolute atomic E-state index is 0.804. The molecule has 2 rings (SSSR count). The molecule has 1 unspecified atom stereocenters. The van der Waals surface area contributed by atoms with Crippen molar-refractivity contribution in [1.29, 1.82) is 0 Å². The zero-order valence-electron chi connectivity index (χ0n) is 9.87. The molecule has 88 valence electrons. The van der Waals surface area contributed by atoms with Gasteiger partial charge >= 0.3 is 0 Å². The minimum atomic E-state index is 0.804. The largest absolute Gasteiger partial charge is 0.366 e. The van der Waals surface area contributed by atoms with Crippen molar-refractivity contribution in [3.8, 4) is 0 Å². The summed E-state index contributed by atoms with van der Waals surface area (Å²) < 4.78 is 5.55. The van der Waals surface area contributed by atoms with Gasteiger partial charge < -0.3 is 10.1 Å². The zero-order valence-corrected chi connectivity index (χ0v) is 9.87. The lowest BCUT2D eigenvalue weighted by molar-refractivity contribution is 0.0107. The highest BCUT2D eigenvalue weighted by molar-refractivity contribution is 4.86. The fourth-order valence-corrected chi connectivity index (χ4v) is 2.98. The molecule has 0 aliphatic carbocycles. The molecule has 1 atom stereocenters. The highest BCUT2D eigenvalue weighted by Crippen LogP contribution is 2.29. The quantitative estimate of drug-likeness (QED) is 0.763. The van der Waals surface area contributed by atoms with Crippen LogP contribution < -0.4 is 5.32 Å². The van der Waals surface area contributed by atoms with Crippen LogP contribution in [-0.4, -0.2) is 43.9 Å². The monoisotopic (exact) mass is 212 g/mol. The van der Waals surface area contributed by atoms with E-state index < -0.39 is 0 Å². The van der Waals surface area contributed by atoms with Crippen LogP contribution in [0.3, 0.4) is 0 Å². The van der Waals surface area contributed by atoms with Gasteiger partial charge in [0.2, 0.25) is 0 Å². The molecule has 0 aromatic carbocycles. The maximum absolute atomic E-state index is 5.55. The second-order valence-corrected chi connectivity index (χ2v) is 4.73. The van der Waals surface area contributed by atoms with Crippen LogP contribution in [0.15, 0.2) is 0 Å². The first-order valence-corrected chi connectivity index (χ1v) is 6.44. The summed E-state index contributed by atoms with van der Waals surface area (Å²) in [6, 6.07) is 0.804. The van der Waals surface area contributed by atoms with E-state index in [1.54, 1.807) is 0 Å². The lowest BCUT2D eigenvalue weighted by atomic mass is 9.89. The fourth-order valence-electron chi connectivity index (χ4n) is 2.98. The molecule has 2 heterocycles. The predicted molar refractivity (Wildman–Crippen MR) is 61.8 cm³/mol. The Bertz CT molecular complexity index is 180. The summed E-state index contributed by atoms with van der Waals surface area (Å²) in [7, 11) is 0. The van der Waals surface area contributed by atoms with E-state index in [9.17, 15) is 0 Å². The Morgan fingerprint density at radius 1 is 1.27 bits per heavy atom. The van der Waals surface area contributed by atoms with Crippen molar-refractivity contribution < 1.29 is 4.74 Å². The normalized spacial score (nSPS) is 29.8. The van der Waals surface area contributed by atoms with E-state index in [0.717, 1.165) is 25.3 Å². The summed E-state index contributed by atoms with van der Waals surface area (Å²) in [5, 5.41) is 3.45. The minimum Gasteiger partial charge on any atom is -0.366 e. The second-order valence-electron chi connectivity index (χ2n) is 4.73. The van der Waals surface area contributed by atoms with Crippen molar-refractivity contribution in [3.05, 3.63) is 0 Å². The Morgan fingerprint density at radius 2 is 2.07 bits per heavy atom. The van der Waals surface area contributed by atoms with Gasteiger partial charge in [0.1, 0.15) is 0 Å². The molecule has 1 N–H and O–H groups in total. The molecule has 2 fully saturated rings. The van der Waals surface area contributed by atoms with Gasteiger partial charge in [-0.15, -0.1) is 0 Å². The molecule has 0 aromatic heterocycles. The average molecular weight is 212 g/mol. The van der Waals surface area contributed by atoms with Gasteiger partial charge in [-0.05, 0) is 51.6 Å². The van der Waals surface area contributed by atoms with E-state index in [-0.39, 0.29) is 0 Å². The van der Waals surface area contributed by atoms with E-state index in [0.29, 0.717) is 0 Å². The lowest BCUT2D eigenvalue weighted by Gasteiger charge is -2.34. The third kappa shape index (κ3) is 2.92. The highest BCUT2D eigenvalue weighted by atomic mass is 16.5. The predicted octanol–water partition coefficient (Wildman–Crippen LogP) is 1.44. The van der Waals surface area contributed by atoms with Crippen LogP contribution in [-0.2, 0) is 4.74 Å². The molecule has 2 aliphatic heterocycles. The summed E-state index contributed by atoms with van der Waals surface area (Å²) in [6.45, 7) is 7.44. The molecule has 3 heteroatoms. The van der Waals surface area contributed by atoms with E-state index in [1.165, 1.54) is 45.3 Å². The van der Waals surface area contributed by atoms with Gasteiger partial charge in [0.15, 0.2) is 0 Å². The third-order valence-corrected chi connectivity index (χ3v) is 3.80. The molecule has 0 amide bonds. The smallest absolute Gasteiger partial charge is 0.0992 e. The van der Waals surface area contributed by atoms with E-state index in [2.05, 4.69) is 17.1 Å². The fraction of sp³-hybridized carbons (Fsp3) is 1.00. The lowest BCUT2D eigenvalue weighted by Crippen LogP contribution is -2.41. The standard InChI is InChI=1S/C12H24N2O/c1-2-15-10-14-9-3-4-12(14)11-5-7-13-8-6-11/h11-13H,2-10H2,1H3. The molecule has 3 nitrogen and oxygen atoms in total. The zero-order chi connectivity index (χ0) is 10.5. The Kier molecular flexibility index (Phi) is 4.42. The van der Waals surface area contributed by atoms with Crippen LogP contribution in [0.25, 0.3) is 0 Å². The maximum atomic E-state index is 5.55. The molecule has 2 saturated heterocycles. The number of likely N-dealkylation sites (tertiary alicyclic amines) is 1. The van der Waals surface area contributed by atoms with Gasteiger partial charge in [0, 0.05) is 19.2 Å². The van der Waals surface area contributed by atoms with Crippen LogP contribution in [0.1, 0.15) is 32.6 Å². The molecular weight excluding hydrogens is 188 g/mol. The SMILES string of the molecule is CCOCN1CCCC1C1CCNCC1. The van der Waals surface area contributed by atoms with Gasteiger partial charge in [0.25, 0.3) is 0 Å². The molecule has 2 aliphatic rings. The first kappa shape index (κ1) is 11.4. The molecule has 0 aromatic rings. The molecule has 15 heavy (non-hydrogen) atoms. The number of rotatable bonds is 4. The number of piperidine rings is 1. The first-order valence-electron chi connectivity index (χ1n) is 6.44. The molecule has 0 saturated carbocycles. The maximum Gasteiger partial charge on any atom is 0.0992 e. The van der Waals surface area contributed by atoms with Crippen LogP contribution >= 0.6 is 0 Å². The van der Waals surface area contributed by atoms with E-state index in [1.807, 2.05) is 0 Å². The van der Waals surface area contributed by atoms with Gasteiger partial charge in [-0.2, -0.15) is 0 Å². The molecule has 0 radical (unpaired) electrons. The number of hydrogen-bond donors (Lipinski definition) is 1. The van der Waals surface area contributed by atoms with Crippen molar-refractivity contribution in [2.24, 2.45) is 5.92 Å². The summed E-state index contributed by atoms with van der Waals surface area (Å²) in [5.41, 5.74) is 0. The number of ether oxygens (including phenoxy) is 1. The molecular formula is C12H24N2O. The Labute approximate surface area is 93.2 Å². The highest BCUT2D eigenvalue weighted by Gasteiger charge is 2.31. The number of hydrogen-bond acceptors (Lipinski definition) is 3. The van der Waals surface area contributed by atoms with Crippen molar-refractivity contribution >= 4 is 0 Å². The summed E-state index contributed by atoms with van der Waals surface area (Å²) >= 11 is 0. The number of nitrogens with one attached hydrogen (secondary N) is 1. The van der Waals surface area contributed by atoms with Gasteiger partial charge in [0.05, 0.1) is 6.73 Å². The van der Waals surface area contributed by atoms with Crippen molar-refractivity contribution in [3.63, 3.8) is 0 Å². The summed E-state index contributed by atoms with van der Waals surface area (Å²) in [6.07, 6.45) is 5.46. The van der Waals surface area contributed by atoms with Gasteiger partial charge in [-0.1, -0.05) is 0 Å². The summed E-state index contributed by atoms with van der Waals surface area (Å²) in [4.78, 5) is 2.56. The van der Waals surface area contributed by atoms with E-state index in [4.69, 9.17) is 4.74 Å². The van der Waals surface area contributed by atoms with Gasteiger partial charge in [-0.25, -0.2) is 0 Å². The molecule has 0 spiro atoms. The van der Waals surface area contributed by atoms with E-state index >= 15 is 0 Å². The number of nitrogens with zero attached hydrogens (tertiary/aromatic N) is 1. The Balaban J connectivity index is 1.82. The topological polar surface area (TPSA) is 24.5 Å². The second kappa shape index (κ2) is 5.83. The molecule has 0 bridgehead atoms.